The van der Waals surface area contributed by atoms with Gasteiger partial charge in [0.2, 0.25) is 0 Å². The molecule has 1 aliphatic rings. The summed E-state index contributed by atoms with van der Waals surface area (Å²) in [5, 5.41) is 18.6. The van der Waals surface area contributed by atoms with E-state index in [1.807, 2.05) is 0 Å². The number of halogens is 1. The minimum atomic E-state index is -1.76. The van der Waals surface area contributed by atoms with Crippen molar-refractivity contribution in [1.29, 1.82) is 0 Å². The number of ether oxygens (including phenoxy) is 1. The van der Waals surface area contributed by atoms with Crippen LogP contribution in [-0.2, 0) is 4.74 Å². The second-order valence-corrected chi connectivity index (χ2v) is 4.18. The molecular weight excluding hydrogens is 245 g/mol. The zero-order valence-corrected chi connectivity index (χ0v) is 9.65. The maximum atomic E-state index is 13.5. The number of nitrogens with two attached hydrogens (primary N) is 1. The average Bonchev–Trinajstić information content (AvgIpc) is 2.61. The van der Waals surface area contributed by atoms with E-state index in [2.05, 4.69) is 4.98 Å². The van der Waals surface area contributed by atoms with Crippen LogP contribution in [-0.4, -0.2) is 44.8 Å². The van der Waals surface area contributed by atoms with Crippen LogP contribution in [0.25, 0.3) is 0 Å². The molecule has 1 fully saturated rings. The third-order valence-electron chi connectivity index (χ3n) is 2.92. The van der Waals surface area contributed by atoms with Crippen molar-refractivity contribution >= 4 is 5.82 Å². The second-order valence-electron chi connectivity index (χ2n) is 4.18. The fourth-order valence-electron chi connectivity index (χ4n) is 1.85. The number of anilines is 1. The molecule has 1 aromatic heterocycles. The normalized spacial score (nSPS) is 31.8. The van der Waals surface area contributed by atoms with Gasteiger partial charge in [-0.05, 0) is 6.92 Å². The molecule has 1 saturated heterocycles. The van der Waals surface area contributed by atoms with Crippen molar-refractivity contribution in [2.24, 2.45) is 0 Å². The SMILES string of the molecule is Cc1cn([C@@H]2O[C@H](CO)[C@@H](F)[C@H]2O)c(=O)nc1N. The Kier molecular flexibility index (Phi) is 3.33. The lowest BCUT2D eigenvalue weighted by atomic mass is 10.1. The minimum Gasteiger partial charge on any atom is -0.394 e. The molecule has 1 aromatic rings. The molecule has 0 radical (unpaired) electrons. The Bertz CT molecular complexity index is 506. The molecule has 7 nitrogen and oxygen atoms in total. The predicted octanol–water partition coefficient (Wildman–Crippen LogP) is -1.28. The number of nitrogens with zero attached hydrogens (tertiary/aromatic N) is 2. The van der Waals surface area contributed by atoms with E-state index < -0.39 is 36.9 Å². The highest BCUT2D eigenvalue weighted by molar-refractivity contribution is 5.35. The van der Waals surface area contributed by atoms with Crippen LogP contribution in [0.5, 0.6) is 0 Å². The number of aromatic nitrogens is 2. The number of aliphatic hydroxyl groups excluding tert-OH is 2. The number of hydrogen-bond donors (Lipinski definition) is 3. The highest BCUT2D eigenvalue weighted by Gasteiger charge is 2.45. The number of nitrogen functional groups attached to an aromatic ring is 1. The van der Waals surface area contributed by atoms with E-state index >= 15 is 0 Å². The molecule has 2 rings (SSSR count). The van der Waals surface area contributed by atoms with E-state index in [-0.39, 0.29) is 5.82 Å². The monoisotopic (exact) mass is 259 g/mol. The van der Waals surface area contributed by atoms with Crippen LogP contribution in [0.3, 0.4) is 0 Å². The highest BCUT2D eigenvalue weighted by atomic mass is 19.1. The third kappa shape index (κ3) is 1.98. The van der Waals surface area contributed by atoms with Gasteiger partial charge in [0, 0.05) is 11.8 Å². The second kappa shape index (κ2) is 4.63. The number of aliphatic hydroxyl groups is 2. The van der Waals surface area contributed by atoms with Gasteiger partial charge in [-0.15, -0.1) is 0 Å². The first-order valence-corrected chi connectivity index (χ1v) is 5.39. The molecule has 4 atom stereocenters. The van der Waals surface area contributed by atoms with E-state index in [9.17, 15) is 14.3 Å². The van der Waals surface area contributed by atoms with E-state index in [1.54, 1.807) is 6.92 Å². The van der Waals surface area contributed by atoms with Gasteiger partial charge in [0.05, 0.1) is 6.61 Å². The first kappa shape index (κ1) is 12.9. The topological polar surface area (TPSA) is 111 Å². The summed E-state index contributed by atoms with van der Waals surface area (Å²) in [5.41, 5.74) is 5.23. The van der Waals surface area contributed by atoms with Crippen LogP contribution in [0.1, 0.15) is 11.8 Å². The van der Waals surface area contributed by atoms with Crippen molar-refractivity contribution < 1.29 is 19.3 Å². The molecule has 0 spiro atoms. The van der Waals surface area contributed by atoms with Crippen molar-refractivity contribution in [3.8, 4) is 0 Å². The lowest BCUT2D eigenvalue weighted by Crippen LogP contribution is -2.34. The molecule has 18 heavy (non-hydrogen) atoms. The van der Waals surface area contributed by atoms with Gasteiger partial charge in [-0.2, -0.15) is 4.98 Å². The Morgan fingerprint density at radius 2 is 2.33 bits per heavy atom. The summed E-state index contributed by atoms with van der Waals surface area (Å²) >= 11 is 0. The summed E-state index contributed by atoms with van der Waals surface area (Å²) < 4.78 is 19.6. The van der Waals surface area contributed by atoms with Gasteiger partial charge < -0.3 is 20.7 Å². The summed E-state index contributed by atoms with van der Waals surface area (Å²) in [6.07, 6.45) is -4.33. The van der Waals surface area contributed by atoms with Crippen molar-refractivity contribution in [3.63, 3.8) is 0 Å². The van der Waals surface area contributed by atoms with Crippen molar-refractivity contribution in [1.82, 2.24) is 9.55 Å². The summed E-state index contributed by atoms with van der Waals surface area (Å²) in [5.74, 6) is 0.0687. The van der Waals surface area contributed by atoms with Crippen LogP contribution >= 0.6 is 0 Å². The molecule has 100 valence electrons. The quantitative estimate of drug-likeness (QED) is 0.610. The molecule has 0 aromatic carbocycles. The molecule has 0 unspecified atom stereocenters. The van der Waals surface area contributed by atoms with Crippen molar-refractivity contribution in [2.75, 3.05) is 12.3 Å². The molecular formula is C10H14FN3O4. The van der Waals surface area contributed by atoms with Crippen LogP contribution in [0.15, 0.2) is 11.0 Å². The molecule has 0 amide bonds. The lowest BCUT2D eigenvalue weighted by molar-refractivity contribution is -0.0537. The van der Waals surface area contributed by atoms with E-state index in [0.29, 0.717) is 5.56 Å². The standard InChI is InChI=1S/C10H14FN3O4/c1-4-2-14(10(17)13-8(4)12)9-7(16)6(11)5(3-15)18-9/h2,5-7,9,15-16H,3H2,1H3,(H2,12,13,17)/t5-,6-,7-,9-/m1/s1. The lowest BCUT2D eigenvalue weighted by Gasteiger charge is -2.17. The van der Waals surface area contributed by atoms with Crippen LogP contribution < -0.4 is 11.4 Å². The largest absolute Gasteiger partial charge is 0.394 e. The summed E-state index contributed by atoms with van der Waals surface area (Å²) in [7, 11) is 0. The smallest absolute Gasteiger partial charge is 0.351 e. The number of rotatable bonds is 2. The van der Waals surface area contributed by atoms with Gasteiger partial charge in [0.25, 0.3) is 0 Å². The average molecular weight is 259 g/mol. The van der Waals surface area contributed by atoms with E-state index in [1.165, 1.54) is 6.20 Å². The summed E-state index contributed by atoms with van der Waals surface area (Å²) in [6.45, 7) is 1.04. The molecule has 0 aliphatic carbocycles. The number of aryl methyl sites for hydroxylation is 1. The van der Waals surface area contributed by atoms with Crippen LogP contribution in [0, 0.1) is 6.92 Å². The molecule has 2 heterocycles. The van der Waals surface area contributed by atoms with E-state index in [4.69, 9.17) is 15.6 Å². The molecule has 0 saturated carbocycles. The van der Waals surface area contributed by atoms with Gasteiger partial charge in [-0.1, -0.05) is 0 Å². The summed E-state index contributed by atoms with van der Waals surface area (Å²) in [4.78, 5) is 15.2. The minimum absolute atomic E-state index is 0.0687. The van der Waals surface area contributed by atoms with Crippen molar-refractivity contribution in [3.05, 3.63) is 22.2 Å². The maximum absolute atomic E-state index is 13.5. The Labute approximate surface area is 102 Å². The number of alkyl halides is 1. The van der Waals surface area contributed by atoms with Gasteiger partial charge in [0.1, 0.15) is 18.0 Å². The van der Waals surface area contributed by atoms with Crippen LogP contribution in [0.2, 0.25) is 0 Å². The first-order chi connectivity index (χ1) is 8.45. The molecule has 8 heteroatoms. The van der Waals surface area contributed by atoms with Crippen LogP contribution in [0.4, 0.5) is 10.2 Å². The maximum Gasteiger partial charge on any atom is 0.351 e. The molecule has 4 N–H and O–H groups in total. The Hall–Kier alpha value is -1.51. The zero-order chi connectivity index (χ0) is 13.4. The number of hydrogen-bond acceptors (Lipinski definition) is 6. The fourth-order valence-corrected chi connectivity index (χ4v) is 1.85. The Morgan fingerprint density at radius 1 is 1.67 bits per heavy atom. The van der Waals surface area contributed by atoms with Gasteiger partial charge in [0.15, 0.2) is 12.4 Å². The third-order valence-corrected chi connectivity index (χ3v) is 2.92. The van der Waals surface area contributed by atoms with Crippen molar-refractivity contribution in [2.45, 2.75) is 31.5 Å². The zero-order valence-electron chi connectivity index (χ0n) is 9.65. The Balaban J connectivity index is 2.39. The molecule has 0 bridgehead atoms. The predicted molar refractivity (Wildman–Crippen MR) is 59.5 cm³/mol. The van der Waals surface area contributed by atoms with E-state index in [0.717, 1.165) is 4.57 Å². The highest BCUT2D eigenvalue weighted by Crippen LogP contribution is 2.30. The summed E-state index contributed by atoms with van der Waals surface area (Å²) in [6, 6.07) is 0. The Morgan fingerprint density at radius 3 is 2.89 bits per heavy atom. The first-order valence-electron chi connectivity index (χ1n) is 5.39. The van der Waals surface area contributed by atoms with Gasteiger partial charge >= 0.3 is 5.69 Å². The molecule has 1 aliphatic heterocycles. The van der Waals surface area contributed by atoms with Gasteiger partial charge in [-0.3, -0.25) is 4.57 Å². The van der Waals surface area contributed by atoms with Gasteiger partial charge in [-0.25, -0.2) is 9.18 Å². The fraction of sp³-hybridized carbons (Fsp3) is 0.600.